The Labute approximate surface area is 103 Å². The minimum Gasteiger partial charge on any atom is -0.469 e. The zero-order valence-electron chi connectivity index (χ0n) is 8.14. The van der Waals surface area contributed by atoms with E-state index in [1.165, 1.54) is 19.2 Å². The first-order chi connectivity index (χ1) is 7.34. The molecular weight excluding hydrogens is 338 g/mol. The van der Waals surface area contributed by atoms with Crippen molar-refractivity contribution >= 4 is 28.6 Å². The maximum atomic E-state index is 12.5. The highest BCUT2D eigenvalue weighted by Gasteiger charge is 2.35. The third-order valence-corrected chi connectivity index (χ3v) is 2.60. The van der Waals surface area contributed by atoms with Gasteiger partial charge in [-0.15, -0.1) is 0 Å². The fraction of sp³-hybridized carbons (Fsp3) is 0.333. The predicted molar refractivity (Wildman–Crippen MR) is 57.7 cm³/mol. The average molecular weight is 345 g/mol. The molecule has 0 atom stereocenters. The average Bonchev–Trinajstić information content (AvgIpc) is 2.19. The van der Waals surface area contributed by atoms with Gasteiger partial charge in [-0.3, -0.25) is 4.79 Å². The number of esters is 1. The first-order valence-corrected chi connectivity index (χ1v) is 5.22. The van der Waals surface area contributed by atoms with Gasteiger partial charge in [-0.1, -0.05) is 0 Å². The van der Waals surface area contributed by atoms with Gasteiger partial charge >= 0.3 is 12.1 Å². The van der Waals surface area contributed by atoms with Crippen molar-refractivity contribution in [2.75, 3.05) is 7.11 Å². The first-order valence-electron chi connectivity index (χ1n) is 4.14. The van der Waals surface area contributed by atoms with E-state index >= 15 is 0 Å². The SMILES string of the molecule is COC(=O)Cc1ccc(I)c(C(F)(F)F)n1. The molecule has 0 aromatic carbocycles. The lowest BCUT2D eigenvalue weighted by Crippen LogP contribution is -2.14. The van der Waals surface area contributed by atoms with Crippen molar-refractivity contribution in [3.63, 3.8) is 0 Å². The number of carbonyl (C=O) groups is 1. The number of halogens is 4. The lowest BCUT2D eigenvalue weighted by atomic mass is 10.2. The number of alkyl halides is 3. The van der Waals surface area contributed by atoms with Gasteiger partial charge < -0.3 is 4.74 Å². The molecule has 0 unspecified atom stereocenters. The van der Waals surface area contributed by atoms with Crippen LogP contribution in [-0.2, 0) is 22.1 Å². The third kappa shape index (κ3) is 3.32. The maximum Gasteiger partial charge on any atom is 0.434 e. The number of rotatable bonds is 2. The van der Waals surface area contributed by atoms with Crippen molar-refractivity contribution in [1.29, 1.82) is 0 Å². The van der Waals surface area contributed by atoms with Crippen LogP contribution in [0.1, 0.15) is 11.4 Å². The lowest BCUT2D eigenvalue weighted by molar-refractivity contribution is -0.143. The van der Waals surface area contributed by atoms with E-state index in [1.807, 2.05) is 0 Å². The molecule has 3 nitrogen and oxygen atoms in total. The second-order valence-corrected chi connectivity index (χ2v) is 4.05. The van der Waals surface area contributed by atoms with E-state index in [2.05, 4.69) is 9.72 Å². The Kier molecular flexibility index (Phi) is 4.11. The Balaban J connectivity index is 3.03. The van der Waals surface area contributed by atoms with E-state index in [4.69, 9.17) is 0 Å². The summed E-state index contributed by atoms with van der Waals surface area (Å²) in [5, 5.41) is 0. The molecule has 1 rings (SSSR count). The minimum absolute atomic E-state index is 0.00119. The number of hydrogen-bond acceptors (Lipinski definition) is 3. The highest BCUT2D eigenvalue weighted by Crippen LogP contribution is 2.31. The van der Waals surface area contributed by atoms with Crippen LogP contribution in [0.15, 0.2) is 12.1 Å². The Bertz CT molecular complexity index is 406. The highest BCUT2D eigenvalue weighted by molar-refractivity contribution is 14.1. The minimum atomic E-state index is -4.51. The van der Waals surface area contributed by atoms with Crippen LogP contribution >= 0.6 is 22.6 Å². The molecule has 0 aliphatic rings. The number of methoxy groups -OCH3 is 1. The van der Waals surface area contributed by atoms with Crippen molar-refractivity contribution in [1.82, 2.24) is 4.98 Å². The molecule has 1 heterocycles. The van der Waals surface area contributed by atoms with Crippen molar-refractivity contribution in [3.05, 3.63) is 27.1 Å². The van der Waals surface area contributed by atoms with Crippen molar-refractivity contribution in [3.8, 4) is 0 Å². The molecule has 0 saturated heterocycles. The fourth-order valence-electron chi connectivity index (χ4n) is 1.000. The Morgan fingerprint density at radius 1 is 1.50 bits per heavy atom. The normalized spacial score (nSPS) is 11.3. The van der Waals surface area contributed by atoms with Gasteiger partial charge in [0.2, 0.25) is 0 Å². The molecule has 0 bridgehead atoms. The fourth-order valence-corrected chi connectivity index (χ4v) is 1.61. The molecule has 0 spiro atoms. The van der Waals surface area contributed by atoms with Gasteiger partial charge in [-0.2, -0.15) is 13.2 Å². The van der Waals surface area contributed by atoms with E-state index in [1.54, 1.807) is 22.6 Å². The van der Waals surface area contributed by atoms with Gasteiger partial charge in [0.15, 0.2) is 5.69 Å². The lowest BCUT2D eigenvalue weighted by Gasteiger charge is -2.09. The molecule has 0 saturated carbocycles. The van der Waals surface area contributed by atoms with Crippen LogP contribution in [0.4, 0.5) is 13.2 Å². The number of carbonyl (C=O) groups excluding carboxylic acids is 1. The molecule has 1 aromatic rings. The van der Waals surface area contributed by atoms with Crippen LogP contribution in [0.3, 0.4) is 0 Å². The van der Waals surface area contributed by atoms with Gasteiger partial charge in [0.05, 0.1) is 19.2 Å². The summed E-state index contributed by atoms with van der Waals surface area (Å²) in [6.07, 6.45) is -4.78. The molecule has 7 heteroatoms. The predicted octanol–water partition coefficient (Wildman–Crippen LogP) is 2.42. The summed E-state index contributed by atoms with van der Waals surface area (Å²) in [6.45, 7) is 0. The molecule has 0 fully saturated rings. The summed E-state index contributed by atoms with van der Waals surface area (Å²) in [5.74, 6) is -0.623. The summed E-state index contributed by atoms with van der Waals surface area (Å²) < 4.78 is 41.7. The zero-order valence-corrected chi connectivity index (χ0v) is 10.3. The van der Waals surface area contributed by atoms with E-state index in [0.717, 1.165) is 0 Å². The number of nitrogens with zero attached hydrogens (tertiary/aromatic N) is 1. The van der Waals surface area contributed by atoms with Crippen molar-refractivity contribution in [2.45, 2.75) is 12.6 Å². The second kappa shape index (κ2) is 4.98. The Morgan fingerprint density at radius 2 is 2.12 bits per heavy atom. The molecule has 88 valence electrons. The zero-order chi connectivity index (χ0) is 12.3. The molecule has 0 aliphatic heterocycles. The summed E-state index contributed by atoms with van der Waals surface area (Å²) >= 11 is 1.55. The molecule has 16 heavy (non-hydrogen) atoms. The summed E-state index contributed by atoms with van der Waals surface area (Å²) in [5.41, 5.74) is -0.936. The number of ether oxygens (including phenoxy) is 1. The Morgan fingerprint density at radius 3 is 2.62 bits per heavy atom. The largest absolute Gasteiger partial charge is 0.469 e. The molecule has 1 aromatic heterocycles. The van der Waals surface area contributed by atoms with Crippen LogP contribution in [0.2, 0.25) is 0 Å². The number of aromatic nitrogens is 1. The van der Waals surface area contributed by atoms with E-state index in [9.17, 15) is 18.0 Å². The quantitative estimate of drug-likeness (QED) is 0.611. The molecule has 0 amide bonds. The third-order valence-electron chi connectivity index (χ3n) is 1.73. The van der Waals surface area contributed by atoms with E-state index < -0.39 is 17.8 Å². The monoisotopic (exact) mass is 345 g/mol. The smallest absolute Gasteiger partial charge is 0.434 e. The van der Waals surface area contributed by atoms with Gasteiger partial charge in [0, 0.05) is 3.57 Å². The van der Waals surface area contributed by atoms with Crippen LogP contribution < -0.4 is 0 Å². The summed E-state index contributed by atoms with van der Waals surface area (Å²) in [7, 11) is 1.17. The molecule has 0 N–H and O–H groups in total. The van der Waals surface area contributed by atoms with Crippen LogP contribution in [-0.4, -0.2) is 18.1 Å². The summed E-state index contributed by atoms with van der Waals surface area (Å²) in [6, 6.07) is 2.64. The van der Waals surface area contributed by atoms with Gasteiger partial charge in [-0.05, 0) is 34.7 Å². The van der Waals surface area contributed by atoms with Crippen molar-refractivity contribution < 1.29 is 22.7 Å². The second-order valence-electron chi connectivity index (χ2n) is 2.88. The van der Waals surface area contributed by atoms with Crippen molar-refractivity contribution in [2.24, 2.45) is 0 Å². The van der Waals surface area contributed by atoms with Crippen LogP contribution in [0.25, 0.3) is 0 Å². The van der Waals surface area contributed by atoms with Crippen LogP contribution in [0, 0.1) is 3.57 Å². The number of hydrogen-bond donors (Lipinski definition) is 0. The van der Waals surface area contributed by atoms with E-state index in [0.29, 0.717) is 0 Å². The van der Waals surface area contributed by atoms with Gasteiger partial charge in [-0.25, -0.2) is 4.98 Å². The topological polar surface area (TPSA) is 39.2 Å². The van der Waals surface area contributed by atoms with E-state index in [-0.39, 0.29) is 15.7 Å². The molecule has 0 radical (unpaired) electrons. The first kappa shape index (κ1) is 13.2. The standard InChI is InChI=1S/C9H7F3INO2/c1-16-7(15)4-5-2-3-6(13)8(14-5)9(10,11)12/h2-3H,4H2,1H3. The Hall–Kier alpha value is -0.860. The van der Waals surface area contributed by atoms with Gasteiger partial charge in [0.25, 0.3) is 0 Å². The number of pyridine rings is 1. The van der Waals surface area contributed by atoms with Crippen LogP contribution in [0.5, 0.6) is 0 Å². The summed E-state index contributed by atoms with van der Waals surface area (Å²) in [4.78, 5) is 14.3. The molecular formula is C9H7F3INO2. The maximum absolute atomic E-state index is 12.5. The highest BCUT2D eigenvalue weighted by atomic mass is 127. The van der Waals surface area contributed by atoms with Gasteiger partial charge in [0.1, 0.15) is 0 Å². The molecule has 0 aliphatic carbocycles.